The maximum absolute atomic E-state index is 13.1. The van der Waals surface area contributed by atoms with Crippen LogP contribution in [-0.2, 0) is 4.79 Å². The largest absolute Gasteiger partial charge is 0.393 e. The van der Waals surface area contributed by atoms with Crippen molar-refractivity contribution in [1.82, 2.24) is 25.4 Å². The Morgan fingerprint density at radius 3 is 2.90 bits per heavy atom. The Morgan fingerprint density at radius 2 is 2.14 bits per heavy atom. The van der Waals surface area contributed by atoms with E-state index in [2.05, 4.69) is 25.8 Å². The number of aliphatic hydroxyl groups is 1. The van der Waals surface area contributed by atoms with Crippen LogP contribution in [0.15, 0.2) is 48.1 Å². The van der Waals surface area contributed by atoms with Crippen molar-refractivity contribution in [2.45, 2.75) is 43.5 Å². The Kier molecular flexibility index (Phi) is 4.39. The van der Waals surface area contributed by atoms with E-state index in [1.54, 1.807) is 23.2 Å². The highest BCUT2D eigenvalue weighted by Gasteiger charge is 2.43. The SMILES string of the molecule is O=C(NC1CC(O)C1)C1C=CC2=C(N1)N(C(=O)Nc1ccccn1)[C@H]1CCN2C1. The van der Waals surface area contributed by atoms with E-state index in [0.717, 1.165) is 25.2 Å². The zero-order chi connectivity index (χ0) is 20.0. The number of dihydropyridines is 1. The molecule has 5 rings (SSSR count). The van der Waals surface area contributed by atoms with Crippen LogP contribution in [0.4, 0.5) is 10.6 Å². The predicted octanol–water partition coefficient (Wildman–Crippen LogP) is 0.340. The highest BCUT2D eigenvalue weighted by atomic mass is 16.3. The first kappa shape index (κ1) is 18.0. The van der Waals surface area contributed by atoms with Crippen molar-refractivity contribution in [2.75, 3.05) is 18.4 Å². The van der Waals surface area contributed by atoms with Gasteiger partial charge in [0, 0.05) is 25.3 Å². The zero-order valence-corrected chi connectivity index (χ0v) is 15.9. The van der Waals surface area contributed by atoms with Crippen molar-refractivity contribution < 1.29 is 14.7 Å². The molecular weight excluding hydrogens is 372 g/mol. The lowest BCUT2D eigenvalue weighted by Gasteiger charge is -2.41. The topological polar surface area (TPSA) is 110 Å². The molecule has 4 aliphatic rings. The van der Waals surface area contributed by atoms with Crippen LogP contribution >= 0.6 is 0 Å². The Hall–Kier alpha value is -3.07. The van der Waals surface area contributed by atoms with Crippen molar-refractivity contribution in [3.63, 3.8) is 0 Å². The van der Waals surface area contributed by atoms with Gasteiger partial charge in [-0.3, -0.25) is 15.0 Å². The van der Waals surface area contributed by atoms with Crippen LogP contribution in [0.2, 0.25) is 0 Å². The molecule has 29 heavy (non-hydrogen) atoms. The van der Waals surface area contributed by atoms with Crippen molar-refractivity contribution in [3.05, 3.63) is 48.1 Å². The summed E-state index contributed by atoms with van der Waals surface area (Å²) >= 11 is 0. The van der Waals surface area contributed by atoms with Gasteiger partial charge in [-0.05, 0) is 37.5 Å². The van der Waals surface area contributed by atoms with Crippen LogP contribution < -0.4 is 16.0 Å². The molecule has 1 aliphatic carbocycles. The fourth-order valence-corrected chi connectivity index (χ4v) is 4.36. The van der Waals surface area contributed by atoms with Crippen LogP contribution in [-0.4, -0.2) is 69.1 Å². The summed E-state index contributed by atoms with van der Waals surface area (Å²) in [4.78, 5) is 33.9. The van der Waals surface area contributed by atoms with E-state index >= 15 is 0 Å². The summed E-state index contributed by atoms with van der Waals surface area (Å²) in [6.07, 6.45) is 7.11. The fraction of sp³-hybridized carbons (Fsp3) is 0.450. The van der Waals surface area contributed by atoms with E-state index in [9.17, 15) is 14.7 Å². The number of urea groups is 1. The van der Waals surface area contributed by atoms with E-state index < -0.39 is 6.04 Å². The van der Waals surface area contributed by atoms with E-state index in [-0.39, 0.29) is 30.1 Å². The molecule has 9 nitrogen and oxygen atoms in total. The van der Waals surface area contributed by atoms with Crippen LogP contribution in [0, 0.1) is 0 Å². The molecule has 1 unspecified atom stereocenters. The number of pyridine rings is 1. The summed E-state index contributed by atoms with van der Waals surface area (Å²) in [5, 5.41) is 18.5. The number of aliphatic hydroxyl groups excluding tert-OH is 1. The van der Waals surface area contributed by atoms with Gasteiger partial charge in [0.2, 0.25) is 5.91 Å². The molecule has 4 heterocycles. The van der Waals surface area contributed by atoms with Gasteiger partial charge in [-0.15, -0.1) is 0 Å². The molecule has 0 radical (unpaired) electrons. The lowest BCUT2D eigenvalue weighted by atomic mass is 9.89. The van der Waals surface area contributed by atoms with Gasteiger partial charge in [-0.25, -0.2) is 9.78 Å². The summed E-state index contributed by atoms with van der Waals surface area (Å²) in [6.45, 7) is 1.65. The molecule has 1 aromatic rings. The van der Waals surface area contributed by atoms with E-state index in [1.807, 2.05) is 18.2 Å². The molecule has 0 aromatic carbocycles. The minimum atomic E-state index is -0.560. The number of anilines is 1. The lowest BCUT2D eigenvalue weighted by Crippen LogP contribution is -2.57. The van der Waals surface area contributed by atoms with E-state index in [4.69, 9.17) is 0 Å². The number of carbonyl (C=O) groups excluding carboxylic acids is 2. The minimum Gasteiger partial charge on any atom is -0.393 e. The number of hydrogen-bond acceptors (Lipinski definition) is 6. The number of nitrogens with zero attached hydrogens (tertiary/aromatic N) is 3. The average Bonchev–Trinajstić information content (AvgIpc) is 3.11. The van der Waals surface area contributed by atoms with Gasteiger partial charge in [-0.1, -0.05) is 12.1 Å². The number of allylic oxidation sites excluding steroid dienone is 1. The second kappa shape index (κ2) is 7.07. The summed E-state index contributed by atoms with van der Waals surface area (Å²) in [6, 6.07) is 4.60. The normalized spacial score (nSPS) is 29.7. The van der Waals surface area contributed by atoms with Gasteiger partial charge in [0.25, 0.3) is 0 Å². The number of fused-ring (bicyclic) bond motifs is 3. The van der Waals surface area contributed by atoms with Gasteiger partial charge < -0.3 is 20.6 Å². The maximum atomic E-state index is 13.1. The third-order valence-corrected chi connectivity index (χ3v) is 5.95. The number of aromatic nitrogens is 1. The van der Waals surface area contributed by atoms with Gasteiger partial charge in [0.1, 0.15) is 17.7 Å². The Balaban J connectivity index is 1.34. The molecule has 4 N–H and O–H groups in total. The van der Waals surface area contributed by atoms with Crippen LogP contribution in [0.3, 0.4) is 0 Å². The molecule has 9 heteroatoms. The number of amides is 3. The second-order valence-corrected chi connectivity index (χ2v) is 7.95. The Bertz CT molecular complexity index is 879. The number of hydrogen-bond donors (Lipinski definition) is 4. The van der Waals surface area contributed by atoms with Gasteiger partial charge >= 0.3 is 6.03 Å². The summed E-state index contributed by atoms with van der Waals surface area (Å²) < 4.78 is 0. The molecule has 152 valence electrons. The molecule has 2 atom stereocenters. The molecule has 1 aromatic heterocycles. The van der Waals surface area contributed by atoms with E-state index in [0.29, 0.717) is 24.5 Å². The first-order chi connectivity index (χ1) is 14.1. The molecule has 3 aliphatic heterocycles. The molecule has 2 fully saturated rings. The van der Waals surface area contributed by atoms with Crippen molar-refractivity contribution in [2.24, 2.45) is 0 Å². The number of carbonyl (C=O) groups is 2. The minimum absolute atomic E-state index is 0.0120. The molecule has 2 bridgehead atoms. The number of nitrogens with one attached hydrogen (secondary N) is 3. The molecule has 1 saturated heterocycles. The van der Waals surface area contributed by atoms with Crippen molar-refractivity contribution in [3.8, 4) is 0 Å². The molecule has 0 spiro atoms. The Labute approximate surface area is 168 Å². The standard InChI is InChI=1S/C20H24N6O3/c27-14-9-12(10-14)22-19(28)15-4-5-16-18(23-15)26(13-6-8-25(16)11-13)20(29)24-17-3-1-2-7-21-17/h1-5,7,12-15,23,27H,6,8-11H2,(H,22,28)(H,21,24,29)/t12?,13-,14?,15?/m0/s1. The quantitative estimate of drug-likeness (QED) is 0.587. The third kappa shape index (κ3) is 3.31. The van der Waals surface area contributed by atoms with Crippen molar-refractivity contribution >= 4 is 17.8 Å². The van der Waals surface area contributed by atoms with Crippen LogP contribution in [0.5, 0.6) is 0 Å². The molecule has 3 amide bonds. The van der Waals surface area contributed by atoms with Gasteiger partial charge in [0.15, 0.2) is 0 Å². The van der Waals surface area contributed by atoms with E-state index in [1.165, 1.54) is 0 Å². The summed E-state index contributed by atoms with van der Waals surface area (Å²) in [7, 11) is 0. The van der Waals surface area contributed by atoms with Crippen molar-refractivity contribution in [1.29, 1.82) is 0 Å². The fourth-order valence-electron chi connectivity index (χ4n) is 4.36. The lowest BCUT2D eigenvalue weighted by molar-refractivity contribution is -0.124. The monoisotopic (exact) mass is 396 g/mol. The van der Waals surface area contributed by atoms with Gasteiger partial charge in [-0.2, -0.15) is 0 Å². The average molecular weight is 396 g/mol. The smallest absolute Gasteiger partial charge is 0.328 e. The zero-order valence-electron chi connectivity index (χ0n) is 15.9. The van der Waals surface area contributed by atoms with Crippen LogP contribution in [0.1, 0.15) is 19.3 Å². The first-order valence-electron chi connectivity index (χ1n) is 10.0. The predicted molar refractivity (Wildman–Crippen MR) is 105 cm³/mol. The maximum Gasteiger partial charge on any atom is 0.328 e. The summed E-state index contributed by atoms with van der Waals surface area (Å²) in [5.74, 6) is 0.996. The summed E-state index contributed by atoms with van der Waals surface area (Å²) in [5.41, 5.74) is 0.929. The number of rotatable bonds is 3. The molecular formula is C20H24N6O3. The third-order valence-electron chi connectivity index (χ3n) is 5.95. The Morgan fingerprint density at radius 1 is 1.28 bits per heavy atom. The molecule has 1 saturated carbocycles. The highest BCUT2D eigenvalue weighted by Crippen LogP contribution is 2.33. The first-order valence-corrected chi connectivity index (χ1v) is 10.0. The van der Waals surface area contributed by atoms with Gasteiger partial charge in [0.05, 0.1) is 17.8 Å². The highest BCUT2D eigenvalue weighted by molar-refractivity contribution is 5.91. The van der Waals surface area contributed by atoms with Crippen LogP contribution in [0.25, 0.3) is 0 Å². The second-order valence-electron chi connectivity index (χ2n) is 7.95.